The monoisotopic (exact) mass is 261 g/mol. The summed E-state index contributed by atoms with van der Waals surface area (Å²) in [5.41, 5.74) is 1.35. The van der Waals surface area contributed by atoms with Gasteiger partial charge in [-0.2, -0.15) is 5.10 Å². The number of anilines is 1. The molecule has 0 bridgehead atoms. The summed E-state index contributed by atoms with van der Waals surface area (Å²) in [5.74, 6) is -0.700. The molecule has 98 valence electrons. The number of aromatic nitrogens is 2. The number of alkyl halides is 1. The van der Waals surface area contributed by atoms with Crippen molar-refractivity contribution >= 4 is 11.6 Å². The average Bonchev–Trinajstić information content (AvgIpc) is 2.40. The Hall–Kier alpha value is -2.50. The SMILES string of the molecule is CC(F)C(=O)Nc1ccc(-c2ccn[nH]c2=O)cc1. The van der Waals surface area contributed by atoms with Gasteiger partial charge in [0, 0.05) is 17.4 Å². The summed E-state index contributed by atoms with van der Waals surface area (Å²) in [7, 11) is 0. The molecule has 1 aromatic carbocycles. The summed E-state index contributed by atoms with van der Waals surface area (Å²) in [4.78, 5) is 22.7. The Morgan fingerprint density at radius 2 is 2.00 bits per heavy atom. The highest BCUT2D eigenvalue weighted by Gasteiger charge is 2.10. The summed E-state index contributed by atoms with van der Waals surface area (Å²) in [6.45, 7) is 1.17. The number of nitrogens with one attached hydrogen (secondary N) is 2. The summed E-state index contributed by atoms with van der Waals surface area (Å²) in [6.07, 6.45) is -0.0836. The van der Waals surface area contributed by atoms with E-state index in [2.05, 4.69) is 15.5 Å². The van der Waals surface area contributed by atoms with Gasteiger partial charge in [0.2, 0.25) is 0 Å². The zero-order valence-electron chi connectivity index (χ0n) is 10.2. The summed E-state index contributed by atoms with van der Waals surface area (Å²) in [5, 5.41) is 8.37. The van der Waals surface area contributed by atoms with Gasteiger partial charge in [0.25, 0.3) is 11.5 Å². The highest BCUT2D eigenvalue weighted by atomic mass is 19.1. The van der Waals surface area contributed by atoms with Crippen molar-refractivity contribution in [3.63, 3.8) is 0 Å². The number of carbonyl (C=O) groups excluding carboxylic acids is 1. The van der Waals surface area contributed by atoms with Gasteiger partial charge in [-0.1, -0.05) is 12.1 Å². The molecule has 2 aromatic rings. The molecular formula is C13H12FN3O2. The number of hydrogen-bond donors (Lipinski definition) is 2. The fraction of sp³-hybridized carbons (Fsp3) is 0.154. The van der Waals surface area contributed by atoms with Crippen molar-refractivity contribution in [2.24, 2.45) is 0 Å². The topological polar surface area (TPSA) is 74.8 Å². The minimum Gasteiger partial charge on any atom is -0.324 e. The molecule has 1 heterocycles. The molecule has 19 heavy (non-hydrogen) atoms. The van der Waals surface area contributed by atoms with Crippen molar-refractivity contribution in [1.29, 1.82) is 0 Å². The van der Waals surface area contributed by atoms with E-state index in [1.54, 1.807) is 30.3 Å². The Labute approximate surface area is 108 Å². The number of amides is 1. The van der Waals surface area contributed by atoms with Crippen molar-refractivity contribution in [1.82, 2.24) is 10.2 Å². The molecule has 2 N–H and O–H groups in total. The zero-order chi connectivity index (χ0) is 13.8. The van der Waals surface area contributed by atoms with Gasteiger partial charge in [0.05, 0.1) is 0 Å². The number of hydrogen-bond acceptors (Lipinski definition) is 3. The molecule has 2 rings (SSSR count). The van der Waals surface area contributed by atoms with Crippen LogP contribution in [0.5, 0.6) is 0 Å². The highest BCUT2D eigenvalue weighted by molar-refractivity contribution is 5.93. The Morgan fingerprint density at radius 3 is 2.58 bits per heavy atom. The predicted molar refractivity (Wildman–Crippen MR) is 69.5 cm³/mol. The molecule has 1 unspecified atom stereocenters. The summed E-state index contributed by atoms with van der Waals surface area (Å²) < 4.78 is 12.7. The molecule has 0 aliphatic carbocycles. The van der Waals surface area contributed by atoms with E-state index in [1.165, 1.54) is 13.1 Å². The maximum atomic E-state index is 12.7. The van der Waals surface area contributed by atoms with E-state index in [1.807, 2.05) is 0 Å². The number of aromatic amines is 1. The quantitative estimate of drug-likeness (QED) is 0.883. The molecule has 0 aliphatic rings. The number of halogens is 1. The Kier molecular flexibility index (Phi) is 3.70. The molecular weight excluding hydrogens is 249 g/mol. The van der Waals surface area contributed by atoms with Gasteiger partial charge >= 0.3 is 0 Å². The molecule has 0 aliphatic heterocycles. The lowest BCUT2D eigenvalue weighted by Crippen LogP contribution is -2.20. The molecule has 1 aromatic heterocycles. The molecule has 0 saturated heterocycles. The Bertz CT molecular complexity index is 635. The lowest BCUT2D eigenvalue weighted by molar-refractivity contribution is -0.120. The number of benzene rings is 1. The van der Waals surface area contributed by atoms with Crippen molar-refractivity contribution in [2.75, 3.05) is 5.32 Å². The van der Waals surface area contributed by atoms with Crippen LogP contribution in [0, 0.1) is 0 Å². The van der Waals surface area contributed by atoms with Crippen LogP contribution in [-0.2, 0) is 4.79 Å². The Balaban J connectivity index is 2.22. The molecule has 1 atom stereocenters. The van der Waals surface area contributed by atoms with Gasteiger partial charge in [-0.3, -0.25) is 9.59 Å². The molecule has 0 fully saturated rings. The average molecular weight is 261 g/mol. The first kappa shape index (κ1) is 12.9. The van der Waals surface area contributed by atoms with Gasteiger partial charge in [-0.25, -0.2) is 9.49 Å². The van der Waals surface area contributed by atoms with E-state index in [9.17, 15) is 14.0 Å². The largest absolute Gasteiger partial charge is 0.324 e. The Morgan fingerprint density at radius 1 is 1.32 bits per heavy atom. The summed E-state index contributed by atoms with van der Waals surface area (Å²) in [6, 6.07) is 8.15. The van der Waals surface area contributed by atoms with Crippen LogP contribution >= 0.6 is 0 Å². The number of rotatable bonds is 3. The van der Waals surface area contributed by atoms with E-state index in [-0.39, 0.29) is 5.56 Å². The third kappa shape index (κ3) is 3.04. The van der Waals surface area contributed by atoms with Crippen LogP contribution < -0.4 is 10.9 Å². The van der Waals surface area contributed by atoms with Crippen LogP contribution in [0.2, 0.25) is 0 Å². The first-order chi connectivity index (χ1) is 9.08. The zero-order valence-corrected chi connectivity index (χ0v) is 10.2. The van der Waals surface area contributed by atoms with Crippen molar-refractivity contribution < 1.29 is 9.18 Å². The number of carbonyl (C=O) groups is 1. The normalized spacial score (nSPS) is 11.9. The molecule has 0 radical (unpaired) electrons. The maximum absolute atomic E-state index is 12.7. The highest BCUT2D eigenvalue weighted by Crippen LogP contribution is 2.17. The van der Waals surface area contributed by atoms with Gasteiger partial charge in [0.15, 0.2) is 6.17 Å². The van der Waals surface area contributed by atoms with Gasteiger partial charge in [-0.05, 0) is 30.7 Å². The second kappa shape index (κ2) is 5.43. The number of H-pyrrole nitrogens is 1. The van der Waals surface area contributed by atoms with Crippen LogP contribution in [0.25, 0.3) is 11.1 Å². The van der Waals surface area contributed by atoms with E-state index >= 15 is 0 Å². The fourth-order valence-electron chi connectivity index (χ4n) is 1.55. The van der Waals surface area contributed by atoms with Crippen molar-refractivity contribution in [3.8, 4) is 11.1 Å². The first-order valence-electron chi connectivity index (χ1n) is 5.67. The van der Waals surface area contributed by atoms with Gasteiger partial charge in [-0.15, -0.1) is 0 Å². The summed E-state index contributed by atoms with van der Waals surface area (Å²) >= 11 is 0. The minimum atomic E-state index is -1.57. The second-order valence-electron chi connectivity index (χ2n) is 3.98. The first-order valence-corrected chi connectivity index (χ1v) is 5.67. The lowest BCUT2D eigenvalue weighted by Gasteiger charge is -2.06. The van der Waals surface area contributed by atoms with Gasteiger partial charge in [0.1, 0.15) is 0 Å². The fourth-order valence-corrected chi connectivity index (χ4v) is 1.55. The lowest BCUT2D eigenvalue weighted by atomic mass is 10.1. The van der Waals surface area contributed by atoms with Crippen LogP contribution in [0.15, 0.2) is 41.3 Å². The minimum absolute atomic E-state index is 0.295. The maximum Gasteiger partial charge on any atom is 0.272 e. The van der Waals surface area contributed by atoms with E-state index in [0.29, 0.717) is 16.8 Å². The number of nitrogens with zero attached hydrogens (tertiary/aromatic N) is 1. The second-order valence-corrected chi connectivity index (χ2v) is 3.98. The van der Waals surface area contributed by atoms with Crippen LogP contribution in [0.4, 0.5) is 10.1 Å². The third-order valence-electron chi connectivity index (χ3n) is 2.55. The van der Waals surface area contributed by atoms with Gasteiger partial charge < -0.3 is 5.32 Å². The van der Waals surface area contributed by atoms with Crippen LogP contribution in [0.3, 0.4) is 0 Å². The van der Waals surface area contributed by atoms with Crippen LogP contribution in [-0.4, -0.2) is 22.3 Å². The molecule has 1 amide bonds. The van der Waals surface area contributed by atoms with Crippen molar-refractivity contribution in [3.05, 3.63) is 46.9 Å². The standard InChI is InChI=1S/C13H12FN3O2/c1-8(14)12(18)16-10-4-2-9(3-5-10)11-6-7-15-17-13(11)19/h2-8H,1H3,(H,16,18)(H,17,19). The van der Waals surface area contributed by atoms with E-state index in [0.717, 1.165) is 0 Å². The third-order valence-corrected chi connectivity index (χ3v) is 2.55. The van der Waals surface area contributed by atoms with E-state index < -0.39 is 12.1 Å². The van der Waals surface area contributed by atoms with Crippen molar-refractivity contribution in [2.45, 2.75) is 13.1 Å². The molecule has 0 spiro atoms. The molecule has 5 nitrogen and oxygen atoms in total. The van der Waals surface area contributed by atoms with E-state index in [4.69, 9.17) is 0 Å². The van der Waals surface area contributed by atoms with Crippen LogP contribution in [0.1, 0.15) is 6.92 Å². The predicted octanol–water partition coefficient (Wildman–Crippen LogP) is 1.73. The smallest absolute Gasteiger partial charge is 0.272 e. The molecule has 0 saturated carbocycles. The molecule has 6 heteroatoms.